The molecule has 0 rings (SSSR count). The first-order valence-electron chi connectivity index (χ1n) is 7.84. The Morgan fingerprint density at radius 1 is 0.364 bits per heavy atom. The normalized spacial score (nSPS) is 10.9. The van der Waals surface area contributed by atoms with E-state index in [-0.39, 0.29) is 46.5 Å². The van der Waals surface area contributed by atoms with Gasteiger partial charge in [-0.2, -0.15) is 0 Å². The van der Waals surface area contributed by atoms with Gasteiger partial charge in [-0.25, -0.2) is 12.3 Å². The van der Waals surface area contributed by atoms with Gasteiger partial charge >= 0.3 is 34.1 Å². The Labute approximate surface area is 161 Å². The van der Waals surface area contributed by atoms with Gasteiger partial charge in [0.2, 0.25) is 0 Å². The van der Waals surface area contributed by atoms with Gasteiger partial charge in [0, 0.05) is 0 Å². The van der Waals surface area contributed by atoms with Gasteiger partial charge in [0.15, 0.2) is 0 Å². The van der Waals surface area contributed by atoms with Crippen molar-refractivity contribution in [3.8, 4) is 0 Å². The molecule has 0 amide bonds. The topological polar surface area (TPSA) is 56.4 Å². The third-order valence-corrected chi connectivity index (χ3v) is 2.06. The molecule has 4 nitrogen and oxygen atoms in total. The molecule has 0 saturated carbocycles. The molecule has 0 saturated heterocycles. The second-order valence-electron chi connectivity index (χ2n) is 6.24. The molecule has 0 aliphatic carbocycles. The third-order valence-electron chi connectivity index (χ3n) is 2.06. The van der Waals surface area contributed by atoms with Gasteiger partial charge < -0.3 is 21.3 Å². The van der Waals surface area contributed by atoms with Crippen molar-refractivity contribution in [3.63, 3.8) is 0 Å². The minimum atomic E-state index is 0. The van der Waals surface area contributed by atoms with E-state index < -0.39 is 0 Å². The van der Waals surface area contributed by atoms with Crippen LogP contribution in [0.1, 0.15) is 69.2 Å². The molecule has 22 heavy (non-hydrogen) atoms. The van der Waals surface area contributed by atoms with Crippen molar-refractivity contribution in [1.82, 2.24) is 0 Å². The Bertz CT molecular complexity index is 170. The van der Waals surface area contributed by atoms with Crippen molar-refractivity contribution >= 4 is 0 Å². The fourth-order valence-electron chi connectivity index (χ4n) is 1.80. The van der Waals surface area contributed by atoms with Crippen LogP contribution >= 0.6 is 0 Å². The van der Waals surface area contributed by atoms with Crippen molar-refractivity contribution in [2.24, 2.45) is 0 Å². The summed E-state index contributed by atoms with van der Waals surface area (Å²) < 4.78 is 0. The maximum absolute atomic E-state index is 4.35. The van der Waals surface area contributed by atoms with Crippen molar-refractivity contribution < 1.29 is 34.1 Å². The van der Waals surface area contributed by atoms with Crippen molar-refractivity contribution in [1.29, 1.82) is 0 Å². The van der Waals surface area contributed by atoms with Crippen LogP contribution in [0.3, 0.4) is 0 Å². The first kappa shape index (κ1) is 30.7. The standard InChI is InChI=1S/2C8H18N2.2Cu/c2*1-6(2)9-8(5)10-7(3)4;;/h2*6-8H,1-5H3;;/q2*-2;2*+2. The molecule has 0 aromatic rings. The maximum atomic E-state index is 4.35. The molecule has 0 fully saturated rings. The molecule has 0 aromatic heterocycles. The van der Waals surface area contributed by atoms with Crippen molar-refractivity contribution in [2.45, 2.75) is 106 Å². The summed E-state index contributed by atoms with van der Waals surface area (Å²) in [5, 5.41) is 17.4. The maximum Gasteiger partial charge on any atom is 2.00 e. The zero-order chi connectivity index (χ0) is 16.3. The van der Waals surface area contributed by atoms with Gasteiger partial charge in [-0.1, -0.05) is 55.4 Å². The first-order valence-corrected chi connectivity index (χ1v) is 7.84. The second-order valence-corrected chi connectivity index (χ2v) is 6.24. The van der Waals surface area contributed by atoms with Gasteiger partial charge in [0.1, 0.15) is 0 Å². The summed E-state index contributed by atoms with van der Waals surface area (Å²) in [7, 11) is 0. The SMILES string of the molecule is CC(C)[N-]C(C)[N-]C(C)C.CC(C)[N-]C(C)[N-]C(C)C.[Cu+2].[Cu+2]. The monoisotopic (exact) mass is 410 g/mol. The molecular weight excluding hydrogens is 375 g/mol. The minimum absolute atomic E-state index is 0. The summed E-state index contributed by atoms with van der Waals surface area (Å²) in [4.78, 5) is 0. The van der Waals surface area contributed by atoms with Crippen LogP contribution in [0.25, 0.3) is 21.3 Å². The molecule has 0 bridgehead atoms. The predicted octanol–water partition coefficient (Wildman–Crippen LogP) is 5.79. The molecule has 0 aliphatic rings. The van der Waals surface area contributed by atoms with Crippen LogP contribution in [0.5, 0.6) is 0 Å². The summed E-state index contributed by atoms with van der Waals surface area (Å²) in [5.41, 5.74) is 0. The molecular formula is C16H36Cu2N4. The molecule has 0 aliphatic heterocycles. The number of nitrogens with zero attached hydrogens (tertiary/aromatic N) is 4. The zero-order valence-corrected chi connectivity index (χ0v) is 17.7. The molecule has 0 N–H and O–H groups in total. The van der Waals surface area contributed by atoms with Gasteiger partial charge in [0.25, 0.3) is 0 Å². The summed E-state index contributed by atoms with van der Waals surface area (Å²) in [6.07, 6.45) is 0.333. The van der Waals surface area contributed by atoms with E-state index in [1.165, 1.54) is 0 Å². The first-order chi connectivity index (χ1) is 9.04. The van der Waals surface area contributed by atoms with Gasteiger partial charge in [0.05, 0.1) is 0 Å². The van der Waals surface area contributed by atoms with E-state index in [2.05, 4.69) is 76.7 Å². The van der Waals surface area contributed by atoms with E-state index in [0.717, 1.165) is 0 Å². The van der Waals surface area contributed by atoms with E-state index in [1.54, 1.807) is 0 Å². The molecule has 6 heteroatoms. The van der Waals surface area contributed by atoms with E-state index in [4.69, 9.17) is 0 Å². The smallest absolute Gasteiger partial charge is 0.676 e. The van der Waals surface area contributed by atoms with Gasteiger partial charge in [-0.15, -0.1) is 38.0 Å². The van der Waals surface area contributed by atoms with Crippen molar-refractivity contribution in [3.05, 3.63) is 21.3 Å². The molecule has 0 heterocycles. The van der Waals surface area contributed by atoms with Crippen molar-refractivity contribution in [2.75, 3.05) is 0 Å². The summed E-state index contributed by atoms with van der Waals surface area (Å²) in [6, 6.07) is 1.60. The average molecular weight is 412 g/mol. The Hall–Kier alpha value is 0.879. The minimum Gasteiger partial charge on any atom is -0.676 e. The Balaban J connectivity index is -0.000000135. The number of rotatable bonds is 8. The van der Waals surface area contributed by atoms with Crippen LogP contribution in [0.15, 0.2) is 0 Å². The number of hydrogen-bond acceptors (Lipinski definition) is 0. The summed E-state index contributed by atoms with van der Waals surface area (Å²) in [5.74, 6) is 0. The van der Waals surface area contributed by atoms with Crippen LogP contribution in [0, 0.1) is 0 Å². The fourth-order valence-corrected chi connectivity index (χ4v) is 1.80. The Morgan fingerprint density at radius 3 is 0.591 bits per heavy atom. The molecule has 142 valence electrons. The average Bonchev–Trinajstić information content (AvgIpc) is 2.11. The summed E-state index contributed by atoms with van der Waals surface area (Å²) >= 11 is 0. The number of hydrogen-bond donors (Lipinski definition) is 0. The van der Waals surface area contributed by atoms with E-state index >= 15 is 0 Å². The third kappa shape index (κ3) is 29.0. The Kier molecular flexibility index (Phi) is 25.4. The zero-order valence-electron chi connectivity index (χ0n) is 15.9. The van der Waals surface area contributed by atoms with Crippen LogP contribution in [-0.4, -0.2) is 36.5 Å². The summed E-state index contributed by atoms with van der Waals surface area (Å²) in [6.45, 7) is 20.7. The molecule has 0 aromatic carbocycles. The van der Waals surface area contributed by atoms with Gasteiger partial charge in [-0.05, 0) is 0 Å². The molecule has 0 atom stereocenters. The molecule has 0 unspecified atom stereocenters. The predicted molar refractivity (Wildman–Crippen MR) is 92.9 cm³/mol. The van der Waals surface area contributed by atoms with E-state index in [9.17, 15) is 0 Å². The molecule has 2 radical (unpaired) electrons. The van der Waals surface area contributed by atoms with Crippen LogP contribution in [-0.2, 0) is 34.1 Å². The Morgan fingerprint density at radius 2 is 0.500 bits per heavy atom. The second kappa shape index (κ2) is 18.2. The molecule has 0 spiro atoms. The van der Waals surface area contributed by atoms with Crippen LogP contribution < -0.4 is 0 Å². The quantitative estimate of drug-likeness (QED) is 0.454. The van der Waals surface area contributed by atoms with Gasteiger partial charge in [-0.3, -0.25) is 0 Å². The fraction of sp³-hybridized carbons (Fsp3) is 1.00. The van der Waals surface area contributed by atoms with E-state index in [0.29, 0.717) is 24.2 Å². The largest absolute Gasteiger partial charge is 2.00 e. The van der Waals surface area contributed by atoms with Crippen LogP contribution in [0.2, 0.25) is 0 Å². The van der Waals surface area contributed by atoms with E-state index in [1.807, 2.05) is 13.8 Å². The van der Waals surface area contributed by atoms with Crippen LogP contribution in [0.4, 0.5) is 0 Å².